The Labute approximate surface area is 189 Å². The van der Waals surface area contributed by atoms with Gasteiger partial charge < -0.3 is 15.4 Å². The van der Waals surface area contributed by atoms with Gasteiger partial charge in [0, 0.05) is 23.0 Å². The number of nitrogens with zero attached hydrogens (tertiary/aromatic N) is 2. The zero-order valence-electron chi connectivity index (χ0n) is 17.3. The first-order chi connectivity index (χ1) is 15.4. The van der Waals surface area contributed by atoms with Crippen LogP contribution in [0.2, 0.25) is 5.02 Å². The minimum Gasteiger partial charge on any atom is -0.496 e. The molecule has 2 atom stereocenters. The predicted molar refractivity (Wildman–Crippen MR) is 118 cm³/mol. The number of nitrogens with two attached hydrogens (primary N) is 1. The number of primary amides is 1. The molecule has 0 spiro atoms. The summed E-state index contributed by atoms with van der Waals surface area (Å²) in [7, 11) is 1.46. The number of amides is 2. The number of rotatable bonds is 6. The molecule has 6 nitrogen and oxygen atoms in total. The Bertz CT molecular complexity index is 1170. The summed E-state index contributed by atoms with van der Waals surface area (Å²) in [4.78, 5) is 32.1. The molecule has 0 saturated heterocycles. The van der Waals surface area contributed by atoms with Crippen molar-refractivity contribution in [2.75, 3.05) is 7.11 Å². The molecule has 1 aliphatic rings. The molecule has 3 aromatic rings. The van der Waals surface area contributed by atoms with Gasteiger partial charge in [0.2, 0.25) is 5.91 Å². The fourth-order valence-electron chi connectivity index (χ4n) is 4.31. The van der Waals surface area contributed by atoms with Crippen molar-refractivity contribution in [1.29, 1.82) is 0 Å². The number of fused-ring (bicyclic) bond motifs is 1. The molecule has 0 saturated carbocycles. The van der Waals surface area contributed by atoms with Gasteiger partial charge in [-0.25, -0.2) is 4.39 Å². The predicted octanol–water partition coefficient (Wildman–Crippen LogP) is 4.24. The maximum absolute atomic E-state index is 14.6. The van der Waals surface area contributed by atoms with Gasteiger partial charge in [-0.3, -0.25) is 14.6 Å². The lowest BCUT2D eigenvalue weighted by molar-refractivity contribution is -0.123. The molecular formula is C24H21ClFN3O3. The number of ether oxygens (including phenoxy) is 1. The maximum atomic E-state index is 14.6. The van der Waals surface area contributed by atoms with Crippen LogP contribution in [-0.2, 0) is 11.2 Å². The van der Waals surface area contributed by atoms with E-state index >= 15 is 0 Å². The van der Waals surface area contributed by atoms with Crippen LogP contribution in [0.5, 0.6) is 5.75 Å². The monoisotopic (exact) mass is 453 g/mol. The molecule has 2 aromatic carbocycles. The molecule has 8 heteroatoms. The van der Waals surface area contributed by atoms with Crippen molar-refractivity contribution >= 4 is 23.4 Å². The standard InChI is InChI=1S/C24H21ClFN3O3/c1-32-21-7-3-2-6-17(21)24(31)29(22(23(27)30)14-5-4-10-28-13-14)20-9-8-16-18(20)11-15(25)12-19(16)26/h2-7,10-13,20,22H,8-9H2,1H3,(H2,27,30)/t20-,22-/m1/s1. The number of carbonyl (C=O) groups is 2. The molecule has 2 amide bonds. The number of benzene rings is 2. The van der Waals surface area contributed by atoms with E-state index in [1.54, 1.807) is 48.7 Å². The first-order valence-corrected chi connectivity index (χ1v) is 10.4. The van der Waals surface area contributed by atoms with Crippen LogP contribution in [0.1, 0.15) is 45.6 Å². The molecule has 0 aliphatic heterocycles. The molecule has 164 valence electrons. The minimum atomic E-state index is -1.13. The van der Waals surface area contributed by atoms with Gasteiger partial charge in [0.15, 0.2) is 0 Å². The topological polar surface area (TPSA) is 85.5 Å². The SMILES string of the molecule is COc1ccccc1C(=O)N([C@@H]1CCc2c(F)cc(Cl)cc21)[C@@H](C(N)=O)c1cccnc1. The summed E-state index contributed by atoms with van der Waals surface area (Å²) in [6, 6.07) is 11.2. The van der Waals surface area contributed by atoms with E-state index in [1.165, 1.54) is 24.3 Å². The highest BCUT2D eigenvalue weighted by molar-refractivity contribution is 6.30. The normalized spacial score (nSPS) is 15.7. The minimum absolute atomic E-state index is 0.217. The molecule has 0 fully saturated rings. The smallest absolute Gasteiger partial charge is 0.259 e. The van der Waals surface area contributed by atoms with E-state index in [0.717, 1.165) is 0 Å². The number of aromatic nitrogens is 1. The van der Waals surface area contributed by atoms with Gasteiger partial charge in [0.1, 0.15) is 17.6 Å². The summed E-state index contributed by atoms with van der Waals surface area (Å²) in [5.74, 6) is -1.27. The molecular weight excluding hydrogens is 433 g/mol. The Morgan fingerprint density at radius 2 is 2.03 bits per heavy atom. The van der Waals surface area contributed by atoms with Gasteiger partial charge >= 0.3 is 0 Å². The molecule has 0 bridgehead atoms. The van der Waals surface area contributed by atoms with Crippen LogP contribution in [0.4, 0.5) is 4.39 Å². The Balaban J connectivity index is 1.91. The highest BCUT2D eigenvalue weighted by Gasteiger charge is 2.41. The maximum Gasteiger partial charge on any atom is 0.259 e. The second-order valence-corrected chi connectivity index (χ2v) is 7.95. The largest absolute Gasteiger partial charge is 0.496 e. The summed E-state index contributed by atoms with van der Waals surface area (Å²) in [5, 5.41) is 0.217. The third-order valence-corrected chi connectivity index (χ3v) is 5.90. The van der Waals surface area contributed by atoms with E-state index in [9.17, 15) is 14.0 Å². The van der Waals surface area contributed by atoms with Gasteiger partial charge in [-0.05, 0) is 54.3 Å². The molecule has 1 aliphatic carbocycles. The van der Waals surface area contributed by atoms with Gasteiger partial charge in [0.25, 0.3) is 5.91 Å². The second kappa shape index (κ2) is 8.96. The third kappa shape index (κ3) is 3.91. The summed E-state index contributed by atoms with van der Waals surface area (Å²) in [5.41, 5.74) is 7.58. The van der Waals surface area contributed by atoms with Crippen LogP contribution in [0.3, 0.4) is 0 Å². The van der Waals surface area contributed by atoms with Gasteiger partial charge in [0.05, 0.1) is 18.7 Å². The molecule has 4 rings (SSSR count). The molecule has 32 heavy (non-hydrogen) atoms. The molecule has 0 radical (unpaired) electrons. The van der Waals surface area contributed by atoms with Crippen LogP contribution >= 0.6 is 11.6 Å². The Kier molecular flexibility index (Phi) is 6.10. The Morgan fingerprint density at radius 1 is 1.25 bits per heavy atom. The number of para-hydroxylation sites is 1. The van der Waals surface area contributed by atoms with Gasteiger partial charge in [-0.15, -0.1) is 0 Å². The highest BCUT2D eigenvalue weighted by atomic mass is 35.5. The van der Waals surface area contributed by atoms with Crippen LogP contribution in [-0.4, -0.2) is 28.8 Å². The summed E-state index contributed by atoms with van der Waals surface area (Å²) in [6.07, 6.45) is 3.87. The van der Waals surface area contributed by atoms with Crippen LogP contribution < -0.4 is 10.5 Å². The third-order valence-electron chi connectivity index (χ3n) is 5.68. The molecule has 0 unspecified atom stereocenters. The van der Waals surface area contributed by atoms with Crippen LogP contribution in [0.25, 0.3) is 0 Å². The fourth-order valence-corrected chi connectivity index (χ4v) is 4.52. The van der Waals surface area contributed by atoms with Crippen LogP contribution in [0.15, 0.2) is 60.9 Å². The van der Waals surface area contributed by atoms with Crippen LogP contribution in [0, 0.1) is 5.82 Å². The van der Waals surface area contributed by atoms with Crippen molar-refractivity contribution in [3.05, 3.63) is 94.0 Å². The Morgan fingerprint density at radius 3 is 2.72 bits per heavy atom. The number of hydrogen-bond acceptors (Lipinski definition) is 4. The first kappa shape index (κ1) is 21.8. The number of carbonyl (C=O) groups excluding carboxylic acids is 2. The average Bonchev–Trinajstić information content (AvgIpc) is 3.20. The van der Waals surface area contributed by atoms with E-state index in [0.29, 0.717) is 35.3 Å². The van der Waals surface area contributed by atoms with E-state index in [2.05, 4.69) is 4.98 Å². The van der Waals surface area contributed by atoms with Crippen molar-refractivity contribution in [1.82, 2.24) is 9.88 Å². The van der Waals surface area contributed by atoms with E-state index < -0.39 is 29.7 Å². The lowest BCUT2D eigenvalue weighted by atomic mass is 9.98. The van der Waals surface area contributed by atoms with Gasteiger partial charge in [-0.1, -0.05) is 29.8 Å². The Hall–Kier alpha value is -3.45. The van der Waals surface area contributed by atoms with E-state index in [-0.39, 0.29) is 10.6 Å². The van der Waals surface area contributed by atoms with Crippen molar-refractivity contribution in [2.24, 2.45) is 5.73 Å². The molecule has 1 aromatic heterocycles. The van der Waals surface area contributed by atoms with Crippen molar-refractivity contribution in [3.8, 4) is 5.75 Å². The number of pyridine rings is 1. The lowest BCUT2D eigenvalue weighted by Crippen LogP contribution is -2.43. The quantitative estimate of drug-likeness (QED) is 0.605. The summed E-state index contributed by atoms with van der Waals surface area (Å²) in [6.45, 7) is 0. The zero-order chi connectivity index (χ0) is 22.8. The fraction of sp³-hybridized carbons (Fsp3) is 0.208. The number of methoxy groups -OCH3 is 1. The van der Waals surface area contributed by atoms with Gasteiger partial charge in [-0.2, -0.15) is 0 Å². The number of hydrogen-bond donors (Lipinski definition) is 1. The zero-order valence-corrected chi connectivity index (χ0v) is 18.1. The molecule has 2 N–H and O–H groups in total. The summed E-state index contributed by atoms with van der Waals surface area (Å²) >= 11 is 6.14. The summed E-state index contributed by atoms with van der Waals surface area (Å²) < 4.78 is 20.0. The average molecular weight is 454 g/mol. The van der Waals surface area contributed by atoms with Crippen molar-refractivity contribution < 1.29 is 18.7 Å². The van der Waals surface area contributed by atoms with Crippen molar-refractivity contribution in [2.45, 2.75) is 24.9 Å². The molecule has 1 heterocycles. The van der Waals surface area contributed by atoms with E-state index in [1.807, 2.05) is 0 Å². The van der Waals surface area contributed by atoms with Crippen molar-refractivity contribution in [3.63, 3.8) is 0 Å². The lowest BCUT2D eigenvalue weighted by Gasteiger charge is -2.36. The number of halogens is 2. The second-order valence-electron chi connectivity index (χ2n) is 7.51. The first-order valence-electron chi connectivity index (χ1n) is 10.0. The van der Waals surface area contributed by atoms with E-state index in [4.69, 9.17) is 22.1 Å². The highest BCUT2D eigenvalue weighted by Crippen LogP contribution is 2.43.